The van der Waals surface area contributed by atoms with Crippen LogP contribution in [0.5, 0.6) is 0 Å². The largest absolute Gasteiger partial charge is 0.416 e. The van der Waals surface area contributed by atoms with Crippen LogP contribution in [0.2, 0.25) is 0 Å². The highest BCUT2D eigenvalue weighted by Crippen LogP contribution is 2.37. The fourth-order valence-corrected chi connectivity index (χ4v) is 4.34. The molecule has 13 heteroatoms. The number of aromatic nitrogens is 1. The Kier molecular flexibility index (Phi) is 8.71. The number of hydrogen-bond donors (Lipinski definition) is 3. The Morgan fingerprint density at radius 2 is 1.76 bits per heavy atom. The highest BCUT2D eigenvalue weighted by atomic mass is 32.1. The van der Waals surface area contributed by atoms with Gasteiger partial charge in [0.1, 0.15) is 16.7 Å². The van der Waals surface area contributed by atoms with E-state index in [0.29, 0.717) is 24.0 Å². The molecule has 0 unspecified atom stereocenters. The van der Waals surface area contributed by atoms with Crippen LogP contribution in [-0.4, -0.2) is 28.6 Å². The van der Waals surface area contributed by atoms with Crippen LogP contribution in [0.4, 0.5) is 28.9 Å². The van der Waals surface area contributed by atoms with E-state index in [4.69, 9.17) is 11.5 Å². The zero-order valence-corrected chi connectivity index (χ0v) is 21.2. The highest BCUT2D eigenvalue weighted by molar-refractivity contribution is 7.09. The van der Waals surface area contributed by atoms with Crippen LogP contribution in [-0.2, 0) is 11.0 Å². The zero-order chi connectivity index (χ0) is 28.2. The average Bonchev–Trinajstić information content (AvgIpc) is 3.23. The number of halogens is 4. The molecule has 0 fully saturated rings. The molecule has 0 spiro atoms. The molecule has 3 amide bonds. The number of nitrogens with one attached hydrogen (secondary N) is 1. The van der Waals surface area contributed by atoms with Gasteiger partial charge in [0.2, 0.25) is 5.91 Å². The topological polar surface area (TPSA) is 131 Å². The van der Waals surface area contributed by atoms with E-state index in [1.165, 1.54) is 18.2 Å². The summed E-state index contributed by atoms with van der Waals surface area (Å²) in [5.41, 5.74) is 9.20. The van der Waals surface area contributed by atoms with E-state index < -0.39 is 41.3 Å². The molecule has 0 aliphatic carbocycles. The average molecular weight is 552 g/mol. The van der Waals surface area contributed by atoms with E-state index in [0.717, 1.165) is 29.2 Å². The molecule has 1 aromatic heterocycles. The van der Waals surface area contributed by atoms with Crippen molar-refractivity contribution in [1.29, 1.82) is 0 Å². The number of nitrogens with two attached hydrogens (primary N) is 2. The highest BCUT2D eigenvalue weighted by Gasteiger charge is 2.38. The predicted octanol–water partition coefficient (Wildman–Crippen LogP) is 4.53. The van der Waals surface area contributed by atoms with Crippen molar-refractivity contribution in [3.05, 3.63) is 76.0 Å². The fourth-order valence-electron chi connectivity index (χ4n) is 3.60. The van der Waals surface area contributed by atoms with Gasteiger partial charge in [-0.3, -0.25) is 19.3 Å². The normalized spacial score (nSPS) is 12.3. The Bertz CT molecular complexity index is 1330. The van der Waals surface area contributed by atoms with Gasteiger partial charge in [-0.05, 0) is 59.8 Å². The first kappa shape index (κ1) is 28.6. The molecule has 0 bridgehead atoms. The van der Waals surface area contributed by atoms with Gasteiger partial charge in [-0.2, -0.15) is 17.5 Å². The molecule has 8 nitrogen and oxygen atoms in total. The van der Waals surface area contributed by atoms with Gasteiger partial charge in [0.15, 0.2) is 5.69 Å². The third-order valence-electron chi connectivity index (χ3n) is 5.54. The lowest BCUT2D eigenvalue weighted by Crippen LogP contribution is -2.44. The summed E-state index contributed by atoms with van der Waals surface area (Å²) < 4.78 is 58.3. The number of carbonyl (C=O) groups is 3. The molecule has 3 rings (SSSR count). The van der Waals surface area contributed by atoms with Crippen LogP contribution in [0.25, 0.3) is 0 Å². The van der Waals surface area contributed by atoms with Crippen LogP contribution in [0.3, 0.4) is 0 Å². The first-order valence-corrected chi connectivity index (χ1v) is 12.2. The molecular formula is C25H25F4N5O3S. The van der Waals surface area contributed by atoms with Gasteiger partial charge >= 0.3 is 6.18 Å². The van der Waals surface area contributed by atoms with E-state index in [-0.39, 0.29) is 40.0 Å². The van der Waals surface area contributed by atoms with Crippen molar-refractivity contribution in [2.75, 3.05) is 17.2 Å². The summed E-state index contributed by atoms with van der Waals surface area (Å²) in [4.78, 5) is 39.5. The fraction of sp³-hybridized carbons (Fsp3) is 0.280. The van der Waals surface area contributed by atoms with E-state index >= 15 is 0 Å². The second-order valence-corrected chi connectivity index (χ2v) is 9.56. The van der Waals surface area contributed by atoms with Gasteiger partial charge in [0.05, 0.1) is 11.3 Å². The van der Waals surface area contributed by atoms with E-state index in [1.54, 1.807) is 0 Å². The van der Waals surface area contributed by atoms with Crippen molar-refractivity contribution in [1.82, 2.24) is 9.69 Å². The summed E-state index contributed by atoms with van der Waals surface area (Å²) in [6, 6.07) is 6.92. The summed E-state index contributed by atoms with van der Waals surface area (Å²) in [7, 11) is 0. The quantitative estimate of drug-likeness (QED) is 0.336. The maximum Gasteiger partial charge on any atom is 0.416 e. The maximum atomic E-state index is 13.9. The van der Waals surface area contributed by atoms with Crippen molar-refractivity contribution in [2.45, 2.75) is 32.5 Å². The van der Waals surface area contributed by atoms with Gasteiger partial charge in [0.25, 0.3) is 11.8 Å². The maximum absolute atomic E-state index is 13.9. The Morgan fingerprint density at radius 1 is 1.11 bits per heavy atom. The SMILES string of the molecule is CC(C)CCNC(=O)[C@H](c1ccc(F)cc1)N(C(=O)c1snc(C(N)=O)c1N)c1cccc(C(F)(F)F)c1. The minimum absolute atomic E-state index is 0.123. The van der Waals surface area contributed by atoms with Crippen LogP contribution >= 0.6 is 11.5 Å². The third kappa shape index (κ3) is 6.46. The molecule has 0 saturated carbocycles. The number of nitrogen functional groups attached to an aromatic ring is 1. The number of nitrogens with zero attached hydrogens (tertiary/aromatic N) is 2. The molecule has 202 valence electrons. The molecule has 3 aromatic rings. The first-order valence-electron chi connectivity index (χ1n) is 11.4. The summed E-state index contributed by atoms with van der Waals surface area (Å²) in [5.74, 6) is -3.13. The van der Waals surface area contributed by atoms with Crippen LogP contribution in [0.1, 0.15) is 57.6 Å². The second kappa shape index (κ2) is 11.6. The molecule has 1 heterocycles. The summed E-state index contributed by atoms with van der Waals surface area (Å²) in [6.45, 7) is 4.09. The minimum Gasteiger partial charge on any atom is -0.395 e. The van der Waals surface area contributed by atoms with Gasteiger partial charge in [-0.1, -0.05) is 32.0 Å². The smallest absolute Gasteiger partial charge is 0.395 e. The lowest BCUT2D eigenvalue weighted by molar-refractivity contribution is -0.137. The van der Waals surface area contributed by atoms with E-state index in [1.807, 2.05) is 13.8 Å². The predicted molar refractivity (Wildman–Crippen MR) is 135 cm³/mol. The standard InChI is InChI=1S/C25H25F4N5O3S/c1-13(2)10-11-32-23(36)20(14-6-8-16(26)9-7-14)34(17-5-3-4-15(12-17)25(27,28)29)24(37)21-18(30)19(22(31)35)33-38-21/h3-9,12-13,20H,10-11,30H2,1-2H3,(H2,31,35)(H,32,36)/t20-/m0/s1. The number of anilines is 2. The number of benzene rings is 2. The number of alkyl halides is 3. The van der Waals surface area contributed by atoms with Crippen LogP contribution in [0, 0.1) is 11.7 Å². The van der Waals surface area contributed by atoms with E-state index in [9.17, 15) is 31.9 Å². The van der Waals surface area contributed by atoms with Crippen molar-refractivity contribution in [3.63, 3.8) is 0 Å². The van der Waals surface area contributed by atoms with Gasteiger partial charge in [0, 0.05) is 12.2 Å². The van der Waals surface area contributed by atoms with Crippen molar-refractivity contribution < 1.29 is 31.9 Å². The van der Waals surface area contributed by atoms with Gasteiger partial charge in [-0.25, -0.2) is 4.39 Å². The Balaban J connectivity index is 2.22. The molecule has 38 heavy (non-hydrogen) atoms. The number of amides is 3. The molecule has 0 aliphatic rings. The monoisotopic (exact) mass is 551 g/mol. The molecule has 0 radical (unpaired) electrons. The lowest BCUT2D eigenvalue weighted by atomic mass is 10.0. The van der Waals surface area contributed by atoms with Gasteiger partial charge in [-0.15, -0.1) is 0 Å². The van der Waals surface area contributed by atoms with Crippen LogP contribution < -0.4 is 21.7 Å². The first-order chi connectivity index (χ1) is 17.8. The number of rotatable bonds is 9. The number of carbonyl (C=O) groups excluding carboxylic acids is 3. The van der Waals surface area contributed by atoms with Gasteiger partial charge < -0.3 is 16.8 Å². The molecule has 2 aromatic carbocycles. The van der Waals surface area contributed by atoms with Crippen molar-refractivity contribution in [3.8, 4) is 0 Å². The zero-order valence-electron chi connectivity index (χ0n) is 20.4. The Morgan fingerprint density at radius 3 is 2.32 bits per heavy atom. The van der Waals surface area contributed by atoms with Crippen molar-refractivity contribution in [2.24, 2.45) is 11.7 Å². The summed E-state index contributed by atoms with van der Waals surface area (Å²) in [5, 5.41) is 2.70. The van der Waals surface area contributed by atoms with Crippen molar-refractivity contribution >= 4 is 40.6 Å². The number of hydrogen-bond acceptors (Lipinski definition) is 6. The van der Waals surface area contributed by atoms with E-state index in [2.05, 4.69) is 9.69 Å². The Labute approximate surface area is 219 Å². The summed E-state index contributed by atoms with van der Waals surface area (Å²) in [6.07, 6.45) is -4.17. The summed E-state index contributed by atoms with van der Waals surface area (Å²) >= 11 is 0.513. The molecular weight excluding hydrogens is 526 g/mol. The molecule has 0 aliphatic heterocycles. The molecule has 0 saturated heterocycles. The second-order valence-electron chi connectivity index (χ2n) is 8.79. The third-order valence-corrected chi connectivity index (χ3v) is 6.39. The Hall–Kier alpha value is -4.00. The van der Waals surface area contributed by atoms with Crippen LogP contribution in [0.15, 0.2) is 48.5 Å². The molecule has 1 atom stereocenters. The lowest BCUT2D eigenvalue weighted by Gasteiger charge is -2.31. The molecule has 5 N–H and O–H groups in total. The minimum atomic E-state index is -4.75. The number of primary amides is 1.